The molecule has 1 heterocycles. The third-order valence-corrected chi connectivity index (χ3v) is 2.26. The van der Waals surface area contributed by atoms with Gasteiger partial charge in [-0.1, -0.05) is 0 Å². The highest BCUT2D eigenvalue weighted by atomic mass is 16.2. The van der Waals surface area contributed by atoms with Crippen molar-refractivity contribution in [1.82, 2.24) is 10.3 Å². The first-order chi connectivity index (χ1) is 7.44. The van der Waals surface area contributed by atoms with Gasteiger partial charge in [0.05, 0.1) is 0 Å². The normalized spacial score (nSPS) is 11.2. The Morgan fingerprint density at radius 1 is 1.56 bits per heavy atom. The van der Waals surface area contributed by atoms with Crippen LogP contribution in [0.2, 0.25) is 0 Å². The standard InChI is InChI=1S/C11H17N3O2/c1-11(2,4-5-12)14-10(16)8-3-6-13-9(15)7-8/h3,6-7H,4-5,12H2,1-2H3,(H,13,15)(H,14,16). The molecule has 0 aliphatic heterocycles. The topological polar surface area (TPSA) is 88.0 Å². The van der Waals surface area contributed by atoms with E-state index in [0.717, 1.165) is 0 Å². The first-order valence-electron chi connectivity index (χ1n) is 5.16. The van der Waals surface area contributed by atoms with E-state index >= 15 is 0 Å². The second-order valence-corrected chi connectivity index (χ2v) is 4.32. The van der Waals surface area contributed by atoms with E-state index in [0.29, 0.717) is 18.5 Å². The van der Waals surface area contributed by atoms with Gasteiger partial charge in [0, 0.05) is 23.4 Å². The summed E-state index contributed by atoms with van der Waals surface area (Å²) in [7, 11) is 0. The number of carbonyl (C=O) groups is 1. The number of aromatic amines is 1. The van der Waals surface area contributed by atoms with Gasteiger partial charge in [-0.3, -0.25) is 9.59 Å². The molecule has 88 valence electrons. The Balaban J connectivity index is 2.76. The molecular weight excluding hydrogens is 206 g/mol. The molecule has 0 fully saturated rings. The van der Waals surface area contributed by atoms with Crippen LogP contribution in [-0.4, -0.2) is 23.0 Å². The molecule has 0 aliphatic carbocycles. The predicted octanol–water partition coefficient (Wildman–Crippen LogP) is 0.232. The molecule has 1 aromatic heterocycles. The highest BCUT2D eigenvalue weighted by Crippen LogP contribution is 2.08. The first kappa shape index (κ1) is 12.4. The quantitative estimate of drug-likeness (QED) is 0.682. The van der Waals surface area contributed by atoms with Crippen LogP contribution in [0, 0.1) is 0 Å². The van der Waals surface area contributed by atoms with Gasteiger partial charge in [-0.25, -0.2) is 0 Å². The summed E-state index contributed by atoms with van der Waals surface area (Å²) in [5.74, 6) is -0.260. The number of rotatable bonds is 4. The highest BCUT2D eigenvalue weighted by Gasteiger charge is 2.20. The maximum atomic E-state index is 11.8. The maximum Gasteiger partial charge on any atom is 0.251 e. The monoisotopic (exact) mass is 223 g/mol. The minimum absolute atomic E-state index is 0.260. The molecule has 0 unspecified atom stereocenters. The molecule has 1 aromatic rings. The number of aromatic nitrogens is 1. The lowest BCUT2D eigenvalue weighted by atomic mass is 10.0. The number of nitrogens with one attached hydrogen (secondary N) is 2. The fourth-order valence-electron chi connectivity index (χ4n) is 1.39. The lowest BCUT2D eigenvalue weighted by Gasteiger charge is -2.25. The fourth-order valence-corrected chi connectivity index (χ4v) is 1.39. The number of hydrogen-bond acceptors (Lipinski definition) is 3. The molecule has 5 nitrogen and oxygen atoms in total. The molecule has 1 rings (SSSR count). The number of pyridine rings is 1. The number of amides is 1. The molecule has 0 aromatic carbocycles. The van der Waals surface area contributed by atoms with Crippen LogP contribution in [0.3, 0.4) is 0 Å². The maximum absolute atomic E-state index is 11.8. The molecule has 16 heavy (non-hydrogen) atoms. The number of carbonyl (C=O) groups excluding carboxylic acids is 1. The van der Waals surface area contributed by atoms with Crippen molar-refractivity contribution in [2.24, 2.45) is 5.73 Å². The van der Waals surface area contributed by atoms with Crippen LogP contribution in [0.4, 0.5) is 0 Å². The van der Waals surface area contributed by atoms with E-state index < -0.39 is 0 Å². The molecule has 0 bridgehead atoms. The Kier molecular flexibility index (Phi) is 3.84. The Bertz CT molecular complexity index is 423. The van der Waals surface area contributed by atoms with Gasteiger partial charge in [0.25, 0.3) is 5.91 Å². The Hall–Kier alpha value is -1.62. The van der Waals surface area contributed by atoms with Gasteiger partial charge < -0.3 is 16.0 Å². The molecule has 0 spiro atoms. The molecule has 5 heteroatoms. The zero-order chi connectivity index (χ0) is 12.2. The summed E-state index contributed by atoms with van der Waals surface area (Å²) in [5.41, 5.74) is 5.15. The second-order valence-electron chi connectivity index (χ2n) is 4.32. The van der Waals surface area contributed by atoms with E-state index in [-0.39, 0.29) is 17.0 Å². The fraction of sp³-hybridized carbons (Fsp3) is 0.455. The van der Waals surface area contributed by atoms with Crippen molar-refractivity contribution >= 4 is 5.91 Å². The van der Waals surface area contributed by atoms with E-state index in [4.69, 9.17) is 5.73 Å². The lowest BCUT2D eigenvalue weighted by Crippen LogP contribution is -2.44. The third kappa shape index (κ3) is 3.51. The van der Waals surface area contributed by atoms with Crippen LogP contribution in [0.1, 0.15) is 30.6 Å². The Labute approximate surface area is 94.1 Å². The zero-order valence-electron chi connectivity index (χ0n) is 9.54. The average Bonchev–Trinajstić information content (AvgIpc) is 2.16. The van der Waals surface area contributed by atoms with Gasteiger partial charge in [0.1, 0.15) is 0 Å². The zero-order valence-corrected chi connectivity index (χ0v) is 9.54. The number of H-pyrrole nitrogens is 1. The molecule has 0 atom stereocenters. The summed E-state index contributed by atoms with van der Waals surface area (Å²) in [5, 5.41) is 2.83. The first-order valence-corrected chi connectivity index (χ1v) is 5.16. The van der Waals surface area contributed by atoms with Crippen molar-refractivity contribution in [2.45, 2.75) is 25.8 Å². The van der Waals surface area contributed by atoms with Crippen molar-refractivity contribution in [1.29, 1.82) is 0 Å². The molecule has 0 saturated heterocycles. The van der Waals surface area contributed by atoms with E-state index in [1.165, 1.54) is 12.3 Å². The summed E-state index contributed by atoms with van der Waals surface area (Å²) < 4.78 is 0. The minimum atomic E-state index is -0.367. The molecule has 0 saturated carbocycles. The van der Waals surface area contributed by atoms with Crippen molar-refractivity contribution in [3.63, 3.8) is 0 Å². The molecule has 0 radical (unpaired) electrons. The van der Waals surface area contributed by atoms with Gasteiger partial charge in [0.15, 0.2) is 0 Å². The van der Waals surface area contributed by atoms with E-state index in [9.17, 15) is 9.59 Å². The molecular formula is C11H17N3O2. The van der Waals surface area contributed by atoms with Gasteiger partial charge >= 0.3 is 0 Å². The van der Waals surface area contributed by atoms with Crippen LogP contribution < -0.4 is 16.6 Å². The average molecular weight is 223 g/mol. The summed E-state index contributed by atoms with van der Waals surface area (Å²) in [6.45, 7) is 4.29. The number of nitrogens with two attached hydrogens (primary N) is 1. The van der Waals surface area contributed by atoms with Crippen LogP contribution >= 0.6 is 0 Å². The smallest absolute Gasteiger partial charge is 0.251 e. The molecule has 0 aliphatic rings. The summed E-state index contributed by atoms with van der Waals surface area (Å²) >= 11 is 0. The second kappa shape index (κ2) is 4.94. The molecule has 4 N–H and O–H groups in total. The third-order valence-electron chi connectivity index (χ3n) is 2.26. The largest absolute Gasteiger partial charge is 0.347 e. The van der Waals surface area contributed by atoms with Gasteiger partial charge in [-0.2, -0.15) is 0 Å². The van der Waals surface area contributed by atoms with Crippen molar-refractivity contribution < 1.29 is 4.79 Å². The van der Waals surface area contributed by atoms with E-state index in [1.807, 2.05) is 13.8 Å². The van der Waals surface area contributed by atoms with Crippen LogP contribution in [0.15, 0.2) is 23.1 Å². The summed E-state index contributed by atoms with van der Waals surface area (Å²) in [6.07, 6.45) is 2.13. The van der Waals surface area contributed by atoms with Crippen LogP contribution in [-0.2, 0) is 0 Å². The Morgan fingerprint density at radius 2 is 2.25 bits per heavy atom. The van der Waals surface area contributed by atoms with Gasteiger partial charge in [0.2, 0.25) is 5.56 Å². The predicted molar refractivity (Wildman–Crippen MR) is 62.3 cm³/mol. The summed E-state index contributed by atoms with van der Waals surface area (Å²) in [6, 6.07) is 2.84. The van der Waals surface area contributed by atoms with Crippen LogP contribution in [0.5, 0.6) is 0 Å². The van der Waals surface area contributed by atoms with Gasteiger partial charge in [-0.15, -0.1) is 0 Å². The SMILES string of the molecule is CC(C)(CCN)NC(=O)c1cc[nH]c(=O)c1. The van der Waals surface area contributed by atoms with Crippen molar-refractivity contribution in [2.75, 3.05) is 6.54 Å². The number of hydrogen-bond donors (Lipinski definition) is 3. The molecule has 1 amide bonds. The van der Waals surface area contributed by atoms with Crippen LogP contribution in [0.25, 0.3) is 0 Å². The summed E-state index contributed by atoms with van der Waals surface area (Å²) in [4.78, 5) is 25.3. The van der Waals surface area contributed by atoms with Crippen molar-refractivity contribution in [3.05, 3.63) is 34.2 Å². The van der Waals surface area contributed by atoms with Crippen molar-refractivity contribution in [3.8, 4) is 0 Å². The van der Waals surface area contributed by atoms with E-state index in [1.54, 1.807) is 6.07 Å². The Morgan fingerprint density at radius 3 is 2.81 bits per heavy atom. The lowest BCUT2D eigenvalue weighted by molar-refractivity contribution is 0.0910. The minimum Gasteiger partial charge on any atom is -0.347 e. The highest BCUT2D eigenvalue weighted by molar-refractivity contribution is 5.94. The van der Waals surface area contributed by atoms with Gasteiger partial charge in [-0.05, 0) is 32.9 Å². The van der Waals surface area contributed by atoms with E-state index in [2.05, 4.69) is 10.3 Å².